The van der Waals surface area contributed by atoms with Crippen molar-refractivity contribution in [3.05, 3.63) is 95.6 Å². The number of carbonyl (C=O) groups excluding carboxylic acids is 2. The van der Waals surface area contributed by atoms with Crippen molar-refractivity contribution >= 4 is 41.6 Å². The van der Waals surface area contributed by atoms with Gasteiger partial charge in [0.05, 0.1) is 17.6 Å². The highest BCUT2D eigenvalue weighted by atomic mass is 35.5. The van der Waals surface area contributed by atoms with E-state index in [0.717, 1.165) is 61.4 Å². The van der Waals surface area contributed by atoms with Crippen molar-refractivity contribution in [2.45, 2.75) is 50.6 Å². The summed E-state index contributed by atoms with van der Waals surface area (Å²) in [5.74, 6) is -0.663. The van der Waals surface area contributed by atoms with Crippen LogP contribution in [-0.2, 0) is 21.5 Å². The Kier molecular flexibility index (Phi) is 8.54. The molecule has 3 aliphatic heterocycles. The fraction of sp³-hybridized carbons (Fsp3) is 0.382. The van der Waals surface area contributed by atoms with Crippen molar-refractivity contribution < 1.29 is 19.5 Å². The van der Waals surface area contributed by atoms with Crippen LogP contribution in [0, 0.1) is 0 Å². The smallest absolute Gasteiger partial charge is 0.335 e. The van der Waals surface area contributed by atoms with E-state index in [1.165, 1.54) is 0 Å². The number of carboxylic acids is 1. The number of nitrogens with zero attached hydrogens (tertiary/aromatic N) is 4. The minimum atomic E-state index is -0.958. The largest absolute Gasteiger partial charge is 0.478 e. The van der Waals surface area contributed by atoms with Crippen molar-refractivity contribution in [1.82, 2.24) is 9.80 Å². The van der Waals surface area contributed by atoms with Crippen LogP contribution in [0.3, 0.4) is 0 Å². The number of anilines is 2. The van der Waals surface area contributed by atoms with Gasteiger partial charge in [0.25, 0.3) is 0 Å². The van der Waals surface area contributed by atoms with E-state index in [4.69, 9.17) is 0 Å². The number of likely N-dealkylation sites (tertiary alicyclic amines) is 1. The van der Waals surface area contributed by atoms with Crippen LogP contribution >= 0.6 is 12.4 Å². The van der Waals surface area contributed by atoms with Gasteiger partial charge in [0.15, 0.2) is 0 Å². The molecule has 8 nitrogen and oxygen atoms in total. The van der Waals surface area contributed by atoms with Crippen molar-refractivity contribution in [2.75, 3.05) is 42.6 Å². The monoisotopic (exact) mass is 602 g/mol. The molecule has 0 saturated carbocycles. The lowest BCUT2D eigenvalue weighted by molar-refractivity contribution is -0.134. The normalized spacial score (nSPS) is 19.1. The maximum absolute atomic E-state index is 14.1. The van der Waals surface area contributed by atoms with E-state index >= 15 is 0 Å². The highest BCUT2D eigenvalue weighted by Crippen LogP contribution is 2.42. The molecule has 0 unspecified atom stereocenters. The minimum absolute atomic E-state index is 0. The third kappa shape index (κ3) is 5.50. The second kappa shape index (κ2) is 12.0. The standard InChI is InChI=1S/C34H38N4O4.ClH/c1-33(2)28-11-6-7-12-29(28)37(31(33)41)20-8-19-35-21-17-34(18-22-35)32(42)36(24-38(34)27-9-4-3-5-10-27)23-25-13-15-26(16-14-25)30(39)40;/h3-7,9-16H,8,17-24H2,1-2H3,(H,39,40);1H. The van der Waals surface area contributed by atoms with Gasteiger partial charge in [-0.05, 0) is 81.1 Å². The first-order valence-corrected chi connectivity index (χ1v) is 14.8. The van der Waals surface area contributed by atoms with Crippen molar-refractivity contribution in [1.29, 1.82) is 0 Å². The number of para-hydroxylation sites is 2. The van der Waals surface area contributed by atoms with Gasteiger partial charge in [-0.3, -0.25) is 9.59 Å². The van der Waals surface area contributed by atoms with Crippen LogP contribution in [0.4, 0.5) is 11.4 Å². The van der Waals surface area contributed by atoms with Gasteiger partial charge in [0, 0.05) is 37.6 Å². The number of hydrogen-bond acceptors (Lipinski definition) is 5. The fourth-order valence-corrected chi connectivity index (χ4v) is 6.92. The topological polar surface area (TPSA) is 84.4 Å². The molecule has 1 spiro atoms. The van der Waals surface area contributed by atoms with Crippen molar-refractivity contribution in [3.63, 3.8) is 0 Å². The number of hydrogen-bond donors (Lipinski definition) is 1. The number of piperidine rings is 1. The molecule has 2 fully saturated rings. The lowest BCUT2D eigenvalue weighted by Gasteiger charge is -2.43. The Morgan fingerprint density at radius 3 is 2.16 bits per heavy atom. The molecule has 9 heteroatoms. The predicted molar refractivity (Wildman–Crippen MR) is 170 cm³/mol. The number of fused-ring (bicyclic) bond motifs is 1. The van der Waals surface area contributed by atoms with E-state index in [0.29, 0.717) is 19.8 Å². The third-order valence-electron chi connectivity index (χ3n) is 9.34. The zero-order valence-corrected chi connectivity index (χ0v) is 25.6. The van der Waals surface area contributed by atoms with Crippen LogP contribution in [0.15, 0.2) is 78.9 Å². The summed E-state index contributed by atoms with van der Waals surface area (Å²) in [5.41, 5.74) is 3.21. The number of carbonyl (C=O) groups is 3. The average molecular weight is 603 g/mol. The van der Waals surface area contributed by atoms with Gasteiger partial charge in [-0.1, -0.05) is 48.5 Å². The Morgan fingerprint density at radius 1 is 0.837 bits per heavy atom. The second-order valence-corrected chi connectivity index (χ2v) is 12.2. The first-order valence-electron chi connectivity index (χ1n) is 14.8. The molecule has 0 aromatic heterocycles. The van der Waals surface area contributed by atoms with Gasteiger partial charge < -0.3 is 24.7 Å². The zero-order chi connectivity index (χ0) is 29.5. The molecule has 0 radical (unpaired) electrons. The second-order valence-electron chi connectivity index (χ2n) is 12.2. The van der Waals surface area contributed by atoms with Crippen molar-refractivity contribution in [3.8, 4) is 0 Å². The number of aromatic carboxylic acids is 1. The first-order chi connectivity index (χ1) is 20.2. The van der Waals surface area contributed by atoms with E-state index < -0.39 is 16.9 Å². The molecular formula is C34H39ClN4O4. The van der Waals surface area contributed by atoms with Crippen LogP contribution in [0.5, 0.6) is 0 Å². The number of halogens is 1. The van der Waals surface area contributed by atoms with Gasteiger partial charge in [0.1, 0.15) is 5.54 Å². The van der Waals surface area contributed by atoms with Gasteiger partial charge >= 0.3 is 5.97 Å². The van der Waals surface area contributed by atoms with Crippen molar-refractivity contribution in [2.24, 2.45) is 0 Å². The molecule has 2 amide bonds. The molecule has 43 heavy (non-hydrogen) atoms. The Bertz CT molecular complexity index is 1490. The summed E-state index contributed by atoms with van der Waals surface area (Å²) < 4.78 is 0. The van der Waals surface area contributed by atoms with Gasteiger partial charge in [0.2, 0.25) is 11.8 Å². The van der Waals surface area contributed by atoms with E-state index in [-0.39, 0.29) is 29.8 Å². The Hall–Kier alpha value is -3.88. The summed E-state index contributed by atoms with van der Waals surface area (Å²) in [5, 5.41) is 9.24. The molecule has 3 aromatic rings. The molecule has 0 aliphatic carbocycles. The minimum Gasteiger partial charge on any atom is -0.478 e. The number of benzene rings is 3. The highest BCUT2D eigenvalue weighted by Gasteiger charge is 2.53. The quantitative estimate of drug-likeness (QED) is 0.383. The molecular weight excluding hydrogens is 564 g/mol. The Labute approximate surface area is 259 Å². The molecule has 1 N–H and O–H groups in total. The molecule has 3 aromatic carbocycles. The van der Waals surface area contributed by atoms with Gasteiger partial charge in [-0.15, -0.1) is 12.4 Å². The van der Waals surface area contributed by atoms with Crippen LogP contribution in [0.25, 0.3) is 0 Å². The van der Waals surface area contributed by atoms with E-state index in [9.17, 15) is 19.5 Å². The SMILES string of the molecule is CC1(C)C(=O)N(CCCN2CCC3(CC2)C(=O)N(Cc2ccc(C(=O)O)cc2)CN3c2ccccc2)c2ccccc21.Cl. The summed E-state index contributed by atoms with van der Waals surface area (Å²) in [6.45, 7) is 8.13. The Morgan fingerprint density at radius 2 is 1.49 bits per heavy atom. The van der Waals surface area contributed by atoms with E-state index in [1.807, 2.05) is 60.0 Å². The molecule has 3 aliphatic rings. The average Bonchev–Trinajstić information content (AvgIpc) is 3.37. The summed E-state index contributed by atoms with van der Waals surface area (Å²) in [4.78, 5) is 47.1. The zero-order valence-electron chi connectivity index (χ0n) is 24.7. The Balaban J connectivity index is 0.00000368. The van der Waals surface area contributed by atoms with Crippen LogP contribution in [0.1, 0.15) is 54.6 Å². The van der Waals surface area contributed by atoms with Gasteiger partial charge in [-0.25, -0.2) is 4.79 Å². The first kappa shape index (κ1) is 30.6. The lowest BCUT2D eigenvalue weighted by Crippen LogP contribution is -2.56. The van der Waals surface area contributed by atoms with E-state index in [2.05, 4.69) is 28.0 Å². The summed E-state index contributed by atoms with van der Waals surface area (Å²) >= 11 is 0. The molecule has 6 rings (SSSR count). The van der Waals surface area contributed by atoms with Crippen LogP contribution in [0.2, 0.25) is 0 Å². The summed E-state index contributed by atoms with van der Waals surface area (Å²) in [6, 6.07) is 25.0. The maximum Gasteiger partial charge on any atom is 0.335 e. The molecule has 3 heterocycles. The number of carboxylic acid groups (broad SMARTS) is 1. The highest BCUT2D eigenvalue weighted by molar-refractivity contribution is 6.07. The summed E-state index contributed by atoms with van der Waals surface area (Å²) in [7, 11) is 0. The third-order valence-corrected chi connectivity index (χ3v) is 9.34. The lowest BCUT2D eigenvalue weighted by atomic mass is 9.85. The molecule has 226 valence electrons. The maximum atomic E-state index is 14.1. The predicted octanol–water partition coefficient (Wildman–Crippen LogP) is 5.16. The fourth-order valence-electron chi connectivity index (χ4n) is 6.92. The van der Waals surface area contributed by atoms with Crippen LogP contribution in [-0.4, -0.2) is 71.1 Å². The van der Waals surface area contributed by atoms with Crippen LogP contribution < -0.4 is 9.80 Å². The van der Waals surface area contributed by atoms with E-state index in [1.54, 1.807) is 24.3 Å². The van der Waals surface area contributed by atoms with Gasteiger partial charge in [-0.2, -0.15) is 0 Å². The number of amides is 2. The molecule has 0 atom stereocenters. The number of rotatable bonds is 8. The molecule has 0 bridgehead atoms. The summed E-state index contributed by atoms with van der Waals surface area (Å²) in [6.07, 6.45) is 2.33. The molecule has 2 saturated heterocycles.